The van der Waals surface area contributed by atoms with Crippen LogP contribution in [0.5, 0.6) is 0 Å². The number of benzene rings is 2. The molecule has 0 fully saturated rings. The van der Waals surface area contributed by atoms with Crippen molar-refractivity contribution in [3.05, 3.63) is 90.9 Å². The Morgan fingerprint density at radius 3 is 2.33 bits per heavy atom. The fourth-order valence-corrected chi connectivity index (χ4v) is 2.87. The van der Waals surface area contributed by atoms with Gasteiger partial charge in [-0.1, -0.05) is 48.5 Å². The predicted octanol–water partition coefficient (Wildman–Crippen LogP) is 4.38. The molecule has 2 heterocycles. The number of hydrogen-bond donors (Lipinski definition) is 2. The number of carboxylic acid groups (broad SMARTS) is 1. The summed E-state index contributed by atoms with van der Waals surface area (Å²) in [6, 6.07) is 20.9. The summed E-state index contributed by atoms with van der Waals surface area (Å²) >= 11 is 0. The van der Waals surface area contributed by atoms with Crippen LogP contribution in [0, 0.1) is 0 Å². The molecule has 132 valence electrons. The Bertz CT molecular complexity index is 1020. The molecule has 2 aromatic carbocycles. The molecule has 6 heteroatoms. The molecule has 0 unspecified atom stereocenters. The van der Waals surface area contributed by atoms with Gasteiger partial charge in [-0.15, -0.1) is 0 Å². The van der Waals surface area contributed by atoms with Gasteiger partial charge in [0.05, 0.1) is 29.3 Å². The van der Waals surface area contributed by atoms with Crippen molar-refractivity contribution in [2.75, 3.05) is 5.32 Å². The Kier molecular flexibility index (Phi) is 4.37. The Labute approximate surface area is 155 Å². The minimum absolute atomic E-state index is 0.143. The van der Waals surface area contributed by atoms with E-state index < -0.39 is 5.97 Å². The van der Waals surface area contributed by atoms with Crippen LogP contribution in [0.15, 0.2) is 85.3 Å². The van der Waals surface area contributed by atoms with Crippen molar-refractivity contribution in [2.45, 2.75) is 0 Å². The maximum Gasteiger partial charge on any atom is 0.337 e. The van der Waals surface area contributed by atoms with E-state index in [2.05, 4.69) is 15.4 Å². The van der Waals surface area contributed by atoms with Crippen LogP contribution in [0.3, 0.4) is 0 Å². The van der Waals surface area contributed by atoms with Gasteiger partial charge >= 0.3 is 5.97 Å². The van der Waals surface area contributed by atoms with Crippen molar-refractivity contribution < 1.29 is 9.90 Å². The molecule has 0 atom stereocenters. The zero-order chi connectivity index (χ0) is 18.6. The van der Waals surface area contributed by atoms with Gasteiger partial charge in [0.25, 0.3) is 0 Å². The van der Waals surface area contributed by atoms with Crippen molar-refractivity contribution in [3.63, 3.8) is 0 Å². The van der Waals surface area contributed by atoms with Crippen LogP contribution < -0.4 is 5.32 Å². The molecule has 0 aliphatic carbocycles. The lowest BCUT2D eigenvalue weighted by molar-refractivity contribution is 0.0698. The molecule has 27 heavy (non-hydrogen) atoms. The van der Waals surface area contributed by atoms with Crippen molar-refractivity contribution in [2.24, 2.45) is 0 Å². The third kappa shape index (κ3) is 3.28. The van der Waals surface area contributed by atoms with Crippen LogP contribution in [-0.2, 0) is 0 Å². The van der Waals surface area contributed by atoms with Gasteiger partial charge in [0.2, 0.25) is 0 Å². The number of nitrogens with one attached hydrogen (secondary N) is 1. The molecule has 2 N–H and O–H groups in total. The van der Waals surface area contributed by atoms with E-state index in [-0.39, 0.29) is 5.56 Å². The van der Waals surface area contributed by atoms with Crippen LogP contribution in [0.25, 0.3) is 16.8 Å². The Hall–Kier alpha value is -3.93. The molecule has 6 nitrogen and oxygen atoms in total. The fraction of sp³-hybridized carbons (Fsp3) is 0. The second kappa shape index (κ2) is 7.13. The molecular weight excluding hydrogens is 340 g/mol. The molecule has 0 bridgehead atoms. The SMILES string of the molecule is O=C(O)c1ccncc1Nc1c(-c2ccccc2)cnn1-c1ccccc1. The van der Waals surface area contributed by atoms with Gasteiger partial charge < -0.3 is 10.4 Å². The quantitative estimate of drug-likeness (QED) is 0.555. The third-order valence-electron chi connectivity index (χ3n) is 4.16. The first-order valence-electron chi connectivity index (χ1n) is 8.37. The van der Waals surface area contributed by atoms with Crippen LogP contribution in [-0.4, -0.2) is 25.8 Å². The lowest BCUT2D eigenvalue weighted by atomic mass is 10.1. The molecule has 2 aromatic heterocycles. The number of carboxylic acids is 1. The highest BCUT2D eigenvalue weighted by atomic mass is 16.4. The number of para-hydroxylation sites is 1. The fourth-order valence-electron chi connectivity index (χ4n) is 2.87. The van der Waals surface area contributed by atoms with E-state index in [4.69, 9.17) is 0 Å². The number of nitrogens with zero attached hydrogens (tertiary/aromatic N) is 3. The first-order chi connectivity index (χ1) is 13.2. The second-order valence-electron chi connectivity index (χ2n) is 5.87. The first kappa shape index (κ1) is 16.5. The summed E-state index contributed by atoms with van der Waals surface area (Å²) in [5.41, 5.74) is 3.25. The zero-order valence-corrected chi connectivity index (χ0v) is 14.3. The minimum Gasteiger partial charge on any atom is -0.478 e. The molecular formula is C21H16N4O2. The van der Waals surface area contributed by atoms with E-state index in [1.807, 2.05) is 60.7 Å². The number of hydrogen-bond acceptors (Lipinski definition) is 4. The average Bonchev–Trinajstić information content (AvgIpc) is 3.13. The van der Waals surface area contributed by atoms with Crippen LogP contribution in [0.2, 0.25) is 0 Å². The Morgan fingerprint density at radius 2 is 1.63 bits per heavy atom. The van der Waals surface area contributed by atoms with E-state index >= 15 is 0 Å². The number of carbonyl (C=O) groups is 1. The van der Waals surface area contributed by atoms with Gasteiger partial charge in [-0.3, -0.25) is 4.98 Å². The summed E-state index contributed by atoms with van der Waals surface area (Å²) in [5, 5.41) is 17.2. The minimum atomic E-state index is -1.02. The Balaban J connectivity index is 1.87. The van der Waals surface area contributed by atoms with E-state index in [1.165, 1.54) is 18.5 Å². The lowest BCUT2D eigenvalue weighted by Crippen LogP contribution is -2.07. The molecule has 0 aliphatic rings. The molecule has 4 aromatic rings. The van der Waals surface area contributed by atoms with Gasteiger partial charge in [-0.05, 0) is 23.8 Å². The van der Waals surface area contributed by atoms with Crippen molar-refractivity contribution in [1.82, 2.24) is 14.8 Å². The number of aromatic carboxylic acids is 1. The molecule has 0 aliphatic heterocycles. The summed E-state index contributed by atoms with van der Waals surface area (Å²) in [5.74, 6) is -0.352. The topological polar surface area (TPSA) is 80.0 Å². The molecule has 0 saturated carbocycles. The first-order valence-corrected chi connectivity index (χ1v) is 8.37. The largest absolute Gasteiger partial charge is 0.478 e. The van der Waals surface area contributed by atoms with Crippen molar-refractivity contribution in [1.29, 1.82) is 0 Å². The number of rotatable bonds is 5. The van der Waals surface area contributed by atoms with Crippen molar-refractivity contribution in [3.8, 4) is 16.8 Å². The lowest BCUT2D eigenvalue weighted by Gasteiger charge is -2.14. The van der Waals surface area contributed by atoms with Gasteiger partial charge in [0.1, 0.15) is 5.82 Å². The molecule has 0 spiro atoms. The maximum atomic E-state index is 11.6. The second-order valence-corrected chi connectivity index (χ2v) is 5.87. The zero-order valence-electron chi connectivity index (χ0n) is 14.3. The number of pyridine rings is 1. The highest BCUT2D eigenvalue weighted by molar-refractivity contribution is 5.95. The smallest absolute Gasteiger partial charge is 0.337 e. The van der Waals surface area contributed by atoms with Gasteiger partial charge in [-0.25, -0.2) is 9.48 Å². The third-order valence-corrected chi connectivity index (χ3v) is 4.16. The van der Waals surface area contributed by atoms with Crippen LogP contribution in [0.1, 0.15) is 10.4 Å². The predicted molar refractivity (Wildman–Crippen MR) is 103 cm³/mol. The standard InChI is InChI=1S/C21H16N4O2/c26-21(27)17-11-12-22-14-19(17)24-20-18(15-7-3-1-4-8-15)13-23-25(20)16-9-5-2-6-10-16/h1-14,24H,(H,26,27). The van der Waals surface area contributed by atoms with Crippen LogP contribution in [0.4, 0.5) is 11.5 Å². The van der Waals surface area contributed by atoms with Crippen LogP contribution >= 0.6 is 0 Å². The molecule has 0 radical (unpaired) electrons. The van der Waals surface area contributed by atoms with Gasteiger partial charge in [0, 0.05) is 11.8 Å². The Morgan fingerprint density at radius 1 is 0.926 bits per heavy atom. The van der Waals surface area contributed by atoms with E-state index in [1.54, 1.807) is 10.9 Å². The number of aromatic nitrogens is 3. The van der Waals surface area contributed by atoms with Crippen molar-refractivity contribution >= 4 is 17.5 Å². The summed E-state index contributed by atoms with van der Waals surface area (Å²) in [6.45, 7) is 0. The summed E-state index contributed by atoms with van der Waals surface area (Å²) in [6.07, 6.45) is 4.73. The average molecular weight is 356 g/mol. The van der Waals surface area contributed by atoms with Gasteiger partial charge in [0.15, 0.2) is 0 Å². The van der Waals surface area contributed by atoms with E-state index in [0.717, 1.165) is 16.8 Å². The van der Waals surface area contributed by atoms with Gasteiger partial charge in [-0.2, -0.15) is 5.10 Å². The van der Waals surface area contributed by atoms with E-state index in [9.17, 15) is 9.90 Å². The molecule has 0 amide bonds. The summed E-state index contributed by atoms with van der Waals surface area (Å²) < 4.78 is 1.75. The molecule has 4 rings (SSSR count). The molecule has 0 saturated heterocycles. The normalized spacial score (nSPS) is 10.5. The highest BCUT2D eigenvalue weighted by Gasteiger charge is 2.17. The summed E-state index contributed by atoms with van der Waals surface area (Å²) in [4.78, 5) is 15.6. The maximum absolute atomic E-state index is 11.6. The summed E-state index contributed by atoms with van der Waals surface area (Å²) in [7, 11) is 0. The monoisotopic (exact) mass is 356 g/mol. The number of anilines is 2. The highest BCUT2D eigenvalue weighted by Crippen LogP contribution is 2.32. The van der Waals surface area contributed by atoms with E-state index in [0.29, 0.717) is 11.5 Å².